The van der Waals surface area contributed by atoms with Crippen molar-refractivity contribution in [2.45, 2.75) is 12.5 Å². The zero-order valence-electron chi connectivity index (χ0n) is 12.1. The number of pyridine rings is 1. The minimum Gasteiger partial charge on any atom is -0.497 e. The van der Waals surface area contributed by atoms with Gasteiger partial charge in [-0.3, -0.25) is 4.98 Å². The highest BCUT2D eigenvalue weighted by molar-refractivity contribution is 6.01. The predicted octanol–water partition coefficient (Wildman–Crippen LogP) is 3.44. The predicted molar refractivity (Wildman–Crippen MR) is 84.1 cm³/mol. The lowest BCUT2D eigenvalue weighted by Gasteiger charge is -2.07. The molecule has 1 N–H and O–H groups in total. The molecule has 0 saturated heterocycles. The summed E-state index contributed by atoms with van der Waals surface area (Å²) in [6.07, 6.45) is 6.21. The summed E-state index contributed by atoms with van der Waals surface area (Å²) in [6.45, 7) is 0. The van der Waals surface area contributed by atoms with Crippen LogP contribution in [0.15, 0.2) is 54.1 Å². The second-order valence-corrected chi connectivity index (χ2v) is 5.23. The van der Waals surface area contributed by atoms with Crippen LogP contribution in [0.2, 0.25) is 0 Å². The lowest BCUT2D eigenvalue weighted by molar-refractivity contribution is 0.0868. The Kier molecular flexibility index (Phi) is 3.04. The molecule has 4 rings (SSSR count). The molecule has 5 nitrogen and oxygen atoms in total. The van der Waals surface area contributed by atoms with E-state index in [1.165, 1.54) is 0 Å². The molecule has 1 unspecified atom stereocenters. The van der Waals surface area contributed by atoms with Gasteiger partial charge in [0.2, 0.25) is 0 Å². The van der Waals surface area contributed by atoms with Gasteiger partial charge < -0.3 is 14.6 Å². The second kappa shape index (κ2) is 5.18. The molecule has 1 aliphatic rings. The monoisotopic (exact) mass is 293 g/mol. The van der Waals surface area contributed by atoms with Crippen LogP contribution in [0.1, 0.15) is 23.7 Å². The van der Waals surface area contributed by atoms with Gasteiger partial charge in [0.25, 0.3) is 0 Å². The first-order valence-electron chi connectivity index (χ1n) is 7.13. The largest absolute Gasteiger partial charge is 0.497 e. The van der Waals surface area contributed by atoms with Gasteiger partial charge >= 0.3 is 0 Å². The number of nitrogens with one attached hydrogen (secondary N) is 1. The van der Waals surface area contributed by atoms with Crippen molar-refractivity contribution in [1.82, 2.24) is 9.97 Å². The van der Waals surface area contributed by atoms with E-state index in [1.807, 2.05) is 36.5 Å². The number of hydrogen-bond donors (Lipinski definition) is 1. The number of rotatable bonds is 3. The van der Waals surface area contributed by atoms with E-state index in [-0.39, 0.29) is 6.10 Å². The molecule has 22 heavy (non-hydrogen) atoms. The fourth-order valence-corrected chi connectivity index (χ4v) is 2.78. The van der Waals surface area contributed by atoms with Crippen LogP contribution in [0.3, 0.4) is 0 Å². The van der Waals surface area contributed by atoms with E-state index in [1.54, 1.807) is 19.5 Å². The van der Waals surface area contributed by atoms with Crippen LogP contribution in [0.5, 0.6) is 5.75 Å². The maximum Gasteiger partial charge on any atom is 0.160 e. The average Bonchev–Trinajstić information content (AvgIpc) is 3.21. The van der Waals surface area contributed by atoms with Gasteiger partial charge in [-0.1, -0.05) is 5.16 Å². The molecule has 1 atom stereocenters. The Labute approximate surface area is 127 Å². The Morgan fingerprint density at radius 1 is 1.23 bits per heavy atom. The van der Waals surface area contributed by atoms with E-state index >= 15 is 0 Å². The molecule has 5 heteroatoms. The number of nitrogens with zero attached hydrogens (tertiary/aromatic N) is 2. The van der Waals surface area contributed by atoms with E-state index < -0.39 is 0 Å². The summed E-state index contributed by atoms with van der Waals surface area (Å²) in [5, 5.41) is 5.37. The van der Waals surface area contributed by atoms with Crippen molar-refractivity contribution in [3.63, 3.8) is 0 Å². The number of aromatic nitrogens is 2. The summed E-state index contributed by atoms with van der Waals surface area (Å²) in [6, 6.07) is 9.89. The minimum absolute atomic E-state index is 0.0645. The van der Waals surface area contributed by atoms with Crippen LogP contribution in [0.25, 0.3) is 10.9 Å². The number of methoxy groups -OCH3 is 1. The van der Waals surface area contributed by atoms with Gasteiger partial charge in [0.1, 0.15) is 5.75 Å². The number of aromatic amines is 1. The van der Waals surface area contributed by atoms with Gasteiger partial charge in [0, 0.05) is 53.1 Å². The summed E-state index contributed by atoms with van der Waals surface area (Å²) in [5.41, 5.74) is 4.16. The van der Waals surface area contributed by atoms with E-state index in [0.717, 1.165) is 39.9 Å². The lowest BCUT2D eigenvalue weighted by atomic mass is 10.0. The van der Waals surface area contributed by atoms with Crippen LogP contribution in [-0.4, -0.2) is 22.8 Å². The smallest absolute Gasteiger partial charge is 0.160 e. The normalized spacial score (nSPS) is 17.3. The molecule has 0 amide bonds. The highest BCUT2D eigenvalue weighted by Gasteiger charge is 2.26. The zero-order valence-corrected chi connectivity index (χ0v) is 12.1. The molecule has 0 fully saturated rings. The van der Waals surface area contributed by atoms with E-state index in [9.17, 15) is 0 Å². The van der Waals surface area contributed by atoms with Crippen molar-refractivity contribution in [3.8, 4) is 5.75 Å². The van der Waals surface area contributed by atoms with Gasteiger partial charge in [-0.15, -0.1) is 0 Å². The number of fused-ring (bicyclic) bond motifs is 1. The first kappa shape index (κ1) is 12.9. The zero-order chi connectivity index (χ0) is 14.9. The van der Waals surface area contributed by atoms with Gasteiger partial charge in [0.15, 0.2) is 6.10 Å². The summed E-state index contributed by atoms with van der Waals surface area (Å²) in [5.74, 6) is 0.835. The molecular weight excluding hydrogens is 278 g/mol. The lowest BCUT2D eigenvalue weighted by Crippen LogP contribution is -2.01. The summed E-state index contributed by atoms with van der Waals surface area (Å²) in [7, 11) is 1.67. The van der Waals surface area contributed by atoms with Crippen molar-refractivity contribution in [3.05, 3.63) is 60.0 Å². The molecule has 0 spiro atoms. The fraction of sp³-hybridized carbons (Fsp3) is 0.176. The first-order valence-corrected chi connectivity index (χ1v) is 7.13. The molecule has 1 aliphatic heterocycles. The number of benzene rings is 1. The molecular formula is C17H15N3O2. The Hall–Kier alpha value is -2.82. The second-order valence-electron chi connectivity index (χ2n) is 5.23. The molecule has 110 valence electrons. The maximum absolute atomic E-state index is 5.65. The van der Waals surface area contributed by atoms with E-state index in [2.05, 4.69) is 15.1 Å². The third-order valence-corrected chi connectivity index (χ3v) is 3.95. The Morgan fingerprint density at radius 2 is 2.09 bits per heavy atom. The molecule has 0 saturated carbocycles. The average molecular weight is 293 g/mol. The molecule has 3 aromatic rings. The molecule has 1 aromatic carbocycles. The highest BCUT2D eigenvalue weighted by atomic mass is 16.6. The first-order chi connectivity index (χ1) is 10.8. The fourth-order valence-electron chi connectivity index (χ4n) is 2.78. The quantitative estimate of drug-likeness (QED) is 0.804. The molecule has 2 aromatic heterocycles. The van der Waals surface area contributed by atoms with E-state index in [0.29, 0.717) is 0 Å². The molecule has 3 heterocycles. The van der Waals surface area contributed by atoms with Crippen molar-refractivity contribution in [1.29, 1.82) is 0 Å². The number of H-pyrrole nitrogens is 1. The molecule has 0 bridgehead atoms. The standard InChI is InChI=1S/C17H15N3O2/c1-21-12-2-3-13-14(10-19-16(13)8-12)17-9-15(20-22-17)11-4-6-18-7-5-11/h2-8,10,17,19H,9H2,1H3. The van der Waals surface area contributed by atoms with Crippen molar-refractivity contribution < 1.29 is 9.57 Å². The van der Waals surface area contributed by atoms with Gasteiger partial charge in [-0.05, 0) is 24.3 Å². The van der Waals surface area contributed by atoms with Crippen LogP contribution in [-0.2, 0) is 4.84 Å². The number of hydrogen-bond acceptors (Lipinski definition) is 4. The Balaban J connectivity index is 1.62. The Bertz CT molecular complexity index is 839. The Morgan fingerprint density at radius 3 is 2.91 bits per heavy atom. The number of oxime groups is 1. The summed E-state index contributed by atoms with van der Waals surface area (Å²) in [4.78, 5) is 12.9. The summed E-state index contributed by atoms with van der Waals surface area (Å²) >= 11 is 0. The third-order valence-electron chi connectivity index (χ3n) is 3.95. The molecule has 0 radical (unpaired) electrons. The van der Waals surface area contributed by atoms with Crippen LogP contribution in [0.4, 0.5) is 0 Å². The van der Waals surface area contributed by atoms with Crippen LogP contribution >= 0.6 is 0 Å². The van der Waals surface area contributed by atoms with Crippen molar-refractivity contribution in [2.24, 2.45) is 5.16 Å². The van der Waals surface area contributed by atoms with Crippen LogP contribution < -0.4 is 4.74 Å². The SMILES string of the molecule is COc1ccc2c(C3CC(c4ccncc4)=NO3)c[nH]c2c1. The topological polar surface area (TPSA) is 59.5 Å². The van der Waals surface area contributed by atoms with Crippen molar-refractivity contribution in [2.75, 3.05) is 7.11 Å². The van der Waals surface area contributed by atoms with E-state index in [4.69, 9.17) is 9.57 Å². The highest BCUT2D eigenvalue weighted by Crippen LogP contribution is 2.34. The van der Waals surface area contributed by atoms with Gasteiger partial charge in [-0.2, -0.15) is 0 Å². The third kappa shape index (κ3) is 2.11. The van der Waals surface area contributed by atoms with Crippen LogP contribution in [0, 0.1) is 0 Å². The minimum atomic E-state index is -0.0645. The summed E-state index contributed by atoms with van der Waals surface area (Å²) < 4.78 is 5.25. The van der Waals surface area contributed by atoms with Gasteiger partial charge in [-0.25, -0.2) is 0 Å². The molecule has 0 aliphatic carbocycles. The number of ether oxygens (including phenoxy) is 1. The van der Waals surface area contributed by atoms with Gasteiger partial charge in [0.05, 0.1) is 12.8 Å². The van der Waals surface area contributed by atoms with Crippen molar-refractivity contribution >= 4 is 16.6 Å². The maximum atomic E-state index is 5.65.